The highest BCUT2D eigenvalue weighted by atomic mass is 32.2. The lowest BCUT2D eigenvalue weighted by atomic mass is 10.4. The van der Waals surface area contributed by atoms with Gasteiger partial charge in [0.15, 0.2) is 0 Å². The molecule has 0 atom stereocenters. The van der Waals surface area contributed by atoms with Crippen molar-refractivity contribution in [3.8, 4) is 0 Å². The van der Waals surface area contributed by atoms with Crippen molar-refractivity contribution in [1.29, 1.82) is 0 Å². The molecule has 7 heavy (non-hydrogen) atoms. The molecule has 0 aromatic heterocycles. The van der Waals surface area contributed by atoms with Crippen LogP contribution in [0, 0.1) is 0 Å². The minimum absolute atomic E-state index is 0.345. The fourth-order valence-electron chi connectivity index (χ4n) is 0.407. The lowest BCUT2D eigenvalue weighted by Gasteiger charge is -2.10. The maximum absolute atomic E-state index is 8.65. The van der Waals surface area contributed by atoms with Crippen LogP contribution in [0.3, 0.4) is 0 Å². The van der Waals surface area contributed by atoms with Crippen LogP contribution < -0.4 is 0 Å². The molecule has 1 aliphatic rings. The van der Waals surface area contributed by atoms with Crippen molar-refractivity contribution in [3.05, 3.63) is 11.5 Å². The second-order valence-electron chi connectivity index (χ2n) is 1.44. The van der Waals surface area contributed by atoms with E-state index in [1.165, 1.54) is 0 Å². The summed E-state index contributed by atoms with van der Waals surface area (Å²) in [6.45, 7) is 0. The van der Waals surface area contributed by atoms with Crippen LogP contribution in [0.1, 0.15) is 6.42 Å². The van der Waals surface area contributed by atoms with E-state index in [4.69, 9.17) is 10.2 Å². The number of rotatable bonds is 0. The third-order valence-corrected chi connectivity index (χ3v) is 1.61. The summed E-state index contributed by atoms with van der Waals surface area (Å²) >= 11 is 1.03. The molecule has 0 spiro atoms. The van der Waals surface area contributed by atoms with Crippen LogP contribution in [-0.2, 0) is 0 Å². The molecule has 0 aromatic carbocycles. The maximum atomic E-state index is 8.65. The zero-order chi connectivity index (χ0) is 5.33. The molecule has 1 rings (SSSR count). The van der Waals surface area contributed by atoms with Crippen LogP contribution in [0.2, 0.25) is 0 Å². The SMILES string of the molecule is OC1(O)CC=CS1. The van der Waals surface area contributed by atoms with Gasteiger partial charge in [-0.1, -0.05) is 17.8 Å². The molecule has 2 N–H and O–H groups in total. The minimum atomic E-state index is -1.50. The van der Waals surface area contributed by atoms with Gasteiger partial charge in [-0.15, -0.1) is 0 Å². The number of aliphatic hydroxyl groups is 2. The lowest BCUT2D eigenvalue weighted by Crippen LogP contribution is -2.17. The summed E-state index contributed by atoms with van der Waals surface area (Å²) in [5.41, 5.74) is 0. The highest BCUT2D eigenvalue weighted by Gasteiger charge is 2.23. The van der Waals surface area contributed by atoms with Crippen molar-refractivity contribution in [2.24, 2.45) is 0 Å². The Balaban J connectivity index is 2.49. The Kier molecular flexibility index (Phi) is 1.11. The van der Waals surface area contributed by atoms with Gasteiger partial charge in [0, 0.05) is 6.42 Å². The highest BCUT2D eigenvalue weighted by Crippen LogP contribution is 2.30. The Morgan fingerprint density at radius 3 is 2.43 bits per heavy atom. The predicted molar refractivity (Wildman–Crippen MR) is 28.5 cm³/mol. The predicted octanol–water partition coefficient (Wildman–Crippen LogP) is 0.275. The smallest absolute Gasteiger partial charge is 0.220 e. The van der Waals surface area contributed by atoms with Crippen LogP contribution >= 0.6 is 11.8 Å². The van der Waals surface area contributed by atoms with Gasteiger partial charge >= 0.3 is 0 Å². The minimum Gasteiger partial charge on any atom is -0.357 e. The summed E-state index contributed by atoms with van der Waals surface area (Å²) in [5, 5.41) is 17.5. The van der Waals surface area contributed by atoms with Crippen LogP contribution in [0.4, 0.5) is 0 Å². The first-order valence-corrected chi connectivity index (χ1v) is 2.86. The quantitative estimate of drug-likeness (QED) is 0.449. The van der Waals surface area contributed by atoms with Crippen molar-refractivity contribution >= 4 is 11.8 Å². The third-order valence-electron chi connectivity index (χ3n) is 0.737. The largest absolute Gasteiger partial charge is 0.357 e. The van der Waals surface area contributed by atoms with Gasteiger partial charge in [0.2, 0.25) is 5.12 Å². The summed E-state index contributed by atoms with van der Waals surface area (Å²) in [7, 11) is 0. The second kappa shape index (κ2) is 1.51. The molecule has 2 nitrogen and oxygen atoms in total. The first-order chi connectivity index (χ1) is 3.21. The Morgan fingerprint density at radius 1 is 1.57 bits per heavy atom. The molecule has 0 aliphatic carbocycles. The van der Waals surface area contributed by atoms with Gasteiger partial charge in [-0.3, -0.25) is 0 Å². The number of hydrogen-bond acceptors (Lipinski definition) is 3. The summed E-state index contributed by atoms with van der Waals surface area (Å²) in [6.07, 6.45) is 2.07. The van der Waals surface area contributed by atoms with Gasteiger partial charge in [-0.25, -0.2) is 0 Å². The van der Waals surface area contributed by atoms with Crippen LogP contribution in [0.25, 0.3) is 0 Å². The highest BCUT2D eigenvalue weighted by molar-refractivity contribution is 8.03. The molecule has 0 saturated heterocycles. The van der Waals surface area contributed by atoms with E-state index >= 15 is 0 Å². The van der Waals surface area contributed by atoms with Crippen LogP contribution in [-0.4, -0.2) is 15.3 Å². The van der Waals surface area contributed by atoms with Crippen molar-refractivity contribution in [2.75, 3.05) is 0 Å². The second-order valence-corrected chi connectivity index (χ2v) is 2.60. The van der Waals surface area contributed by atoms with E-state index in [-0.39, 0.29) is 0 Å². The molecule has 0 amide bonds. The van der Waals surface area contributed by atoms with Gasteiger partial charge < -0.3 is 10.2 Å². The van der Waals surface area contributed by atoms with Gasteiger partial charge in [0.05, 0.1) is 0 Å². The van der Waals surface area contributed by atoms with E-state index in [9.17, 15) is 0 Å². The monoisotopic (exact) mass is 118 g/mol. The molecular formula is C4H6O2S. The topological polar surface area (TPSA) is 40.5 Å². The number of hydrogen-bond donors (Lipinski definition) is 2. The zero-order valence-electron chi connectivity index (χ0n) is 3.66. The van der Waals surface area contributed by atoms with Gasteiger partial charge in [-0.05, 0) is 5.41 Å². The van der Waals surface area contributed by atoms with Gasteiger partial charge in [0.1, 0.15) is 0 Å². The van der Waals surface area contributed by atoms with E-state index in [0.29, 0.717) is 6.42 Å². The summed E-state index contributed by atoms with van der Waals surface area (Å²) < 4.78 is 0. The van der Waals surface area contributed by atoms with Crippen LogP contribution in [0.15, 0.2) is 11.5 Å². The molecule has 0 saturated carbocycles. The molecule has 0 aromatic rings. The average Bonchev–Trinajstić information content (AvgIpc) is 1.84. The van der Waals surface area contributed by atoms with Crippen molar-refractivity contribution < 1.29 is 10.2 Å². The molecule has 40 valence electrons. The standard InChI is InChI=1S/C4H6O2S/c5-4(6)2-1-3-7-4/h1,3,5-6H,2H2. The fraction of sp³-hybridized carbons (Fsp3) is 0.500. The molecule has 1 heterocycles. The lowest BCUT2D eigenvalue weighted by molar-refractivity contribution is -0.0697. The summed E-state index contributed by atoms with van der Waals surface area (Å²) in [4.78, 5) is 0. The molecule has 0 unspecified atom stereocenters. The Bertz CT molecular complexity index is 87.9. The van der Waals surface area contributed by atoms with E-state index in [0.717, 1.165) is 11.8 Å². The molecule has 0 bridgehead atoms. The Hall–Kier alpha value is 0.01000. The van der Waals surface area contributed by atoms with Gasteiger partial charge in [0.25, 0.3) is 0 Å². The molecule has 3 heteroatoms. The van der Waals surface area contributed by atoms with Crippen molar-refractivity contribution in [1.82, 2.24) is 0 Å². The molecular weight excluding hydrogens is 112 g/mol. The van der Waals surface area contributed by atoms with Crippen molar-refractivity contribution in [2.45, 2.75) is 11.5 Å². The Labute approximate surface area is 45.9 Å². The average molecular weight is 118 g/mol. The van der Waals surface area contributed by atoms with Gasteiger partial charge in [-0.2, -0.15) is 0 Å². The molecule has 0 radical (unpaired) electrons. The maximum Gasteiger partial charge on any atom is 0.220 e. The summed E-state index contributed by atoms with van der Waals surface area (Å²) in [5.74, 6) is 0. The molecule has 1 aliphatic heterocycles. The van der Waals surface area contributed by atoms with E-state index < -0.39 is 5.12 Å². The third kappa shape index (κ3) is 1.19. The first kappa shape index (κ1) is 5.15. The van der Waals surface area contributed by atoms with E-state index in [1.807, 2.05) is 0 Å². The van der Waals surface area contributed by atoms with Crippen LogP contribution in [0.5, 0.6) is 0 Å². The zero-order valence-corrected chi connectivity index (χ0v) is 4.48. The Morgan fingerprint density at radius 2 is 2.29 bits per heavy atom. The van der Waals surface area contributed by atoms with E-state index in [1.54, 1.807) is 11.5 Å². The normalized spacial score (nSPS) is 26.0. The molecule has 0 fully saturated rings. The first-order valence-electron chi connectivity index (χ1n) is 1.98. The van der Waals surface area contributed by atoms with Crippen molar-refractivity contribution in [3.63, 3.8) is 0 Å². The fourth-order valence-corrected chi connectivity index (χ4v) is 1.01. The summed E-state index contributed by atoms with van der Waals surface area (Å²) in [6, 6.07) is 0. The number of thioether (sulfide) groups is 1. The van der Waals surface area contributed by atoms with E-state index in [2.05, 4.69) is 0 Å².